The second-order valence-electron chi connectivity index (χ2n) is 9.92. The predicted molar refractivity (Wildman–Crippen MR) is 129 cm³/mol. The Labute approximate surface area is 226 Å². The summed E-state index contributed by atoms with van der Waals surface area (Å²) in [6, 6.07) is 5.46. The SMILES string of the molecule is C[C@@H](O[C@H]1OCCN(CCN2CCC[C@H]2C(=O)O)[C@H]1c1ccc(F)cc1)c1cc(C(F)(F)F)cc(C(F)(F)F)c1. The standard InChI is InChI=1S/C27H29F7N2O4/c1-16(18-13-19(26(29,30)31)15-20(14-18)27(32,33)34)40-25-23(17-4-6-21(28)7-5-17)36(11-12-39-25)10-9-35-8-2-3-22(35)24(37)38/h4-7,13-16,22-23,25H,2-3,8-12H2,1H3,(H,37,38)/t16-,22+,23+,25-/m1/s1. The zero-order chi connectivity index (χ0) is 29.2. The zero-order valence-electron chi connectivity index (χ0n) is 21.5. The Balaban J connectivity index is 1.60. The van der Waals surface area contributed by atoms with Crippen molar-refractivity contribution in [2.75, 3.05) is 32.8 Å². The van der Waals surface area contributed by atoms with Gasteiger partial charge in [-0.15, -0.1) is 0 Å². The molecule has 40 heavy (non-hydrogen) atoms. The number of alkyl halides is 6. The van der Waals surface area contributed by atoms with E-state index in [2.05, 4.69) is 0 Å². The van der Waals surface area contributed by atoms with Crippen LogP contribution in [0.5, 0.6) is 0 Å². The third-order valence-electron chi connectivity index (χ3n) is 7.26. The first-order valence-corrected chi connectivity index (χ1v) is 12.8. The van der Waals surface area contributed by atoms with Crippen LogP contribution >= 0.6 is 0 Å². The molecule has 0 aliphatic carbocycles. The fraction of sp³-hybridized carbons (Fsp3) is 0.519. The number of aliphatic carboxylic acids is 1. The minimum atomic E-state index is -5.01. The summed E-state index contributed by atoms with van der Waals surface area (Å²) in [7, 11) is 0. The van der Waals surface area contributed by atoms with Gasteiger partial charge in [0.15, 0.2) is 6.29 Å². The van der Waals surface area contributed by atoms with Gasteiger partial charge in [0, 0.05) is 19.6 Å². The number of ether oxygens (including phenoxy) is 2. The van der Waals surface area contributed by atoms with Crippen LogP contribution in [-0.2, 0) is 26.6 Å². The van der Waals surface area contributed by atoms with Gasteiger partial charge in [0.05, 0.1) is 29.9 Å². The zero-order valence-corrected chi connectivity index (χ0v) is 21.5. The number of hydrogen-bond donors (Lipinski definition) is 1. The molecule has 4 rings (SSSR count). The smallest absolute Gasteiger partial charge is 0.416 e. The Bertz CT molecular complexity index is 1140. The highest BCUT2D eigenvalue weighted by Gasteiger charge is 2.40. The van der Waals surface area contributed by atoms with Gasteiger partial charge in [-0.2, -0.15) is 26.3 Å². The molecule has 0 aromatic heterocycles. The minimum Gasteiger partial charge on any atom is -0.480 e. The van der Waals surface area contributed by atoms with Gasteiger partial charge in [-0.1, -0.05) is 12.1 Å². The van der Waals surface area contributed by atoms with Crippen LogP contribution in [0, 0.1) is 5.82 Å². The van der Waals surface area contributed by atoms with Gasteiger partial charge < -0.3 is 14.6 Å². The van der Waals surface area contributed by atoms with Crippen LogP contribution in [0.3, 0.4) is 0 Å². The third-order valence-corrected chi connectivity index (χ3v) is 7.26. The van der Waals surface area contributed by atoms with E-state index < -0.39 is 59.7 Å². The summed E-state index contributed by atoms with van der Waals surface area (Å²) in [6.45, 7) is 3.26. The molecule has 0 radical (unpaired) electrons. The predicted octanol–water partition coefficient (Wildman–Crippen LogP) is 5.89. The van der Waals surface area contributed by atoms with Crippen molar-refractivity contribution in [2.45, 2.75) is 56.6 Å². The monoisotopic (exact) mass is 578 g/mol. The molecule has 2 aliphatic heterocycles. The minimum absolute atomic E-state index is 0.0547. The Morgan fingerprint density at radius 2 is 1.60 bits per heavy atom. The van der Waals surface area contributed by atoms with E-state index in [1.165, 1.54) is 31.2 Å². The molecule has 6 nitrogen and oxygen atoms in total. The second-order valence-corrected chi connectivity index (χ2v) is 9.92. The summed E-state index contributed by atoms with van der Waals surface area (Å²) in [6.07, 6.45) is -11.1. The van der Waals surface area contributed by atoms with Crippen molar-refractivity contribution >= 4 is 5.97 Å². The van der Waals surface area contributed by atoms with Gasteiger partial charge in [-0.05, 0) is 67.8 Å². The van der Waals surface area contributed by atoms with E-state index in [0.717, 1.165) is 6.42 Å². The molecule has 2 aromatic carbocycles. The van der Waals surface area contributed by atoms with Crippen LogP contribution < -0.4 is 0 Å². The van der Waals surface area contributed by atoms with Crippen molar-refractivity contribution in [3.05, 3.63) is 70.5 Å². The van der Waals surface area contributed by atoms with Crippen LogP contribution in [0.1, 0.15) is 54.2 Å². The molecule has 1 N–H and O–H groups in total. The van der Waals surface area contributed by atoms with Gasteiger partial charge in [0.1, 0.15) is 11.9 Å². The number of likely N-dealkylation sites (tertiary alicyclic amines) is 1. The van der Waals surface area contributed by atoms with Crippen LogP contribution in [0.2, 0.25) is 0 Å². The van der Waals surface area contributed by atoms with Crippen LogP contribution in [-0.4, -0.2) is 66.0 Å². The van der Waals surface area contributed by atoms with Gasteiger partial charge in [-0.3, -0.25) is 14.6 Å². The molecule has 0 saturated carbocycles. The molecule has 2 aromatic rings. The average Bonchev–Trinajstić information content (AvgIpc) is 3.36. The lowest BCUT2D eigenvalue weighted by Crippen LogP contribution is -2.50. The number of nitrogens with zero attached hydrogens (tertiary/aromatic N) is 2. The van der Waals surface area contributed by atoms with E-state index in [0.29, 0.717) is 50.3 Å². The van der Waals surface area contributed by atoms with Crippen molar-refractivity contribution in [3.8, 4) is 0 Å². The van der Waals surface area contributed by atoms with Gasteiger partial charge >= 0.3 is 18.3 Å². The van der Waals surface area contributed by atoms with E-state index >= 15 is 0 Å². The Morgan fingerprint density at radius 3 is 2.17 bits per heavy atom. The highest BCUT2D eigenvalue weighted by atomic mass is 19.4. The molecule has 0 unspecified atom stereocenters. The summed E-state index contributed by atoms with van der Waals surface area (Å²) in [4.78, 5) is 15.4. The lowest BCUT2D eigenvalue weighted by Gasteiger charge is -2.42. The lowest BCUT2D eigenvalue weighted by molar-refractivity contribution is -0.230. The highest BCUT2D eigenvalue weighted by Crippen LogP contribution is 2.39. The van der Waals surface area contributed by atoms with Crippen molar-refractivity contribution in [1.29, 1.82) is 0 Å². The van der Waals surface area contributed by atoms with Gasteiger partial charge in [0.25, 0.3) is 0 Å². The summed E-state index contributed by atoms with van der Waals surface area (Å²) >= 11 is 0. The van der Waals surface area contributed by atoms with Crippen molar-refractivity contribution in [3.63, 3.8) is 0 Å². The number of carbonyl (C=O) groups is 1. The summed E-state index contributed by atoms with van der Waals surface area (Å²) in [5, 5.41) is 9.49. The molecule has 4 atom stereocenters. The Morgan fingerprint density at radius 1 is 1.00 bits per heavy atom. The van der Waals surface area contributed by atoms with Crippen LogP contribution in [0.25, 0.3) is 0 Å². The number of morpholine rings is 1. The summed E-state index contributed by atoms with van der Waals surface area (Å²) < 4.78 is 106. The Kier molecular flexibility index (Phi) is 9.08. The molecule has 2 aliphatic rings. The van der Waals surface area contributed by atoms with Crippen LogP contribution in [0.4, 0.5) is 30.7 Å². The fourth-order valence-corrected chi connectivity index (χ4v) is 5.20. The first kappa shape index (κ1) is 30.2. The van der Waals surface area contributed by atoms with Crippen molar-refractivity contribution in [1.82, 2.24) is 9.80 Å². The third kappa shape index (κ3) is 7.12. The number of carboxylic acid groups (broad SMARTS) is 1. The molecule has 0 amide bonds. The van der Waals surface area contributed by atoms with E-state index in [9.17, 15) is 40.6 Å². The average molecular weight is 579 g/mol. The van der Waals surface area contributed by atoms with Crippen molar-refractivity contribution < 1.29 is 50.1 Å². The topological polar surface area (TPSA) is 62.2 Å². The molecule has 13 heteroatoms. The van der Waals surface area contributed by atoms with E-state index in [4.69, 9.17) is 9.47 Å². The highest BCUT2D eigenvalue weighted by molar-refractivity contribution is 5.73. The molecule has 2 heterocycles. The first-order valence-electron chi connectivity index (χ1n) is 12.8. The van der Waals surface area contributed by atoms with E-state index in [1.54, 1.807) is 0 Å². The first-order chi connectivity index (χ1) is 18.7. The van der Waals surface area contributed by atoms with E-state index in [1.807, 2.05) is 9.80 Å². The largest absolute Gasteiger partial charge is 0.480 e. The van der Waals surface area contributed by atoms with Gasteiger partial charge in [-0.25, -0.2) is 4.39 Å². The molecule has 0 bridgehead atoms. The molecule has 2 saturated heterocycles. The number of carboxylic acids is 1. The normalized spacial score (nSPS) is 23.9. The Hall–Kier alpha value is -2.74. The fourth-order valence-electron chi connectivity index (χ4n) is 5.20. The number of benzene rings is 2. The number of halogens is 7. The summed E-state index contributed by atoms with van der Waals surface area (Å²) in [5.41, 5.74) is -2.67. The molecule has 0 spiro atoms. The number of hydrogen-bond acceptors (Lipinski definition) is 5. The molecular formula is C27H29F7N2O4. The van der Waals surface area contributed by atoms with Gasteiger partial charge in [0.2, 0.25) is 0 Å². The molecule has 2 fully saturated rings. The lowest BCUT2D eigenvalue weighted by atomic mass is 10.0. The van der Waals surface area contributed by atoms with Crippen molar-refractivity contribution in [2.24, 2.45) is 0 Å². The molecule has 220 valence electrons. The summed E-state index contributed by atoms with van der Waals surface area (Å²) in [5.74, 6) is -1.41. The number of rotatable bonds is 8. The van der Waals surface area contributed by atoms with E-state index in [-0.39, 0.29) is 18.2 Å². The quantitative estimate of drug-likeness (QED) is 0.395. The maximum atomic E-state index is 13.7. The van der Waals surface area contributed by atoms with Crippen LogP contribution in [0.15, 0.2) is 42.5 Å². The molecular weight excluding hydrogens is 549 g/mol. The second kappa shape index (κ2) is 12.0. The maximum Gasteiger partial charge on any atom is 0.416 e. The maximum absolute atomic E-state index is 13.7.